The number of rotatable bonds is 2. The van der Waals surface area contributed by atoms with Crippen LogP contribution in [-0.4, -0.2) is 11.3 Å². The molecule has 1 aromatic rings. The van der Waals surface area contributed by atoms with Crippen LogP contribution < -0.4 is 5.73 Å². The van der Waals surface area contributed by atoms with E-state index >= 15 is 0 Å². The molecule has 0 saturated heterocycles. The van der Waals surface area contributed by atoms with Gasteiger partial charge in [0, 0.05) is 0 Å². The van der Waals surface area contributed by atoms with Crippen LogP contribution >= 0.6 is 0 Å². The van der Waals surface area contributed by atoms with Crippen molar-refractivity contribution in [2.75, 3.05) is 0 Å². The molecule has 0 bridgehead atoms. The Hall–Kier alpha value is -1.22. The number of Topliss-reactive ketones (excluding diaryl/α,β-unsaturated/α-hetero) is 1. The molecular weight excluding hydrogens is 205 g/mol. The molecule has 0 heterocycles. The highest BCUT2D eigenvalue weighted by Gasteiger charge is 2.36. The summed E-state index contributed by atoms with van der Waals surface area (Å²) in [5.41, 5.74) is 5.37. The van der Waals surface area contributed by atoms with E-state index in [1.807, 2.05) is 0 Å². The monoisotopic (exact) mass is 221 g/mol. The average Bonchev–Trinajstić information content (AvgIpc) is 2.30. The molecule has 1 saturated carbocycles. The van der Waals surface area contributed by atoms with E-state index in [9.17, 15) is 9.18 Å². The zero-order valence-corrected chi connectivity index (χ0v) is 9.21. The van der Waals surface area contributed by atoms with Crippen LogP contribution in [0.2, 0.25) is 0 Å². The molecule has 2 N–H and O–H groups in total. The molecular formula is C13H16FNO. The average molecular weight is 221 g/mol. The maximum absolute atomic E-state index is 13.5. The van der Waals surface area contributed by atoms with Gasteiger partial charge in [0.25, 0.3) is 0 Å². The number of halogens is 1. The molecule has 0 amide bonds. The third-order valence-electron chi connectivity index (χ3n) is 3.32. The molecule has 2 rings (SSSR count). The summed E-state index contributed by atoms with van der Waals surface area (Å²) in [7, 11) is 0. The van der Waals surface area contributed by atoms with Crippen LogP contribution in [0.5, 0.6) is 0 Å². The molecule has 0 spiro atoms. The second kappa shape index (κ2) is 4.34. The van der Waals surface area contributed by atoms with Crippen LogP contribution in [0.15, 0.2) is 24.3 Å². The van der Waals surface area contributed by atoms with Crippen molar-refractivity contribution in [2.45, 2.75) is 37.6 Å². The summed E-state index contributed by atoms with van der Waals surface area (Å²) in [5.74, 6) is -0.715. The SMILES string of the molecule is NC1(C(=O)c2ccccc2F)CCCCC1. The van der Waals surface area contributed by atoms with Gasteiger partial charge in [-0.1, -0.05) is 31.4 Å². The van der Waals surface area contributed by atoms with Crippen molar-refractivity contribution in [3.8, 4) is 0 Å². The van der Waals surface area contributed by atoms with Crippen molar-refractivity contribution in [2.24, 2.45) is 5.73 Å². The summed E-state index contributed by atoms with van der Waals surface area (Å²) >= 11 is 0. The Labute approximate surface area is 94.6 Å². The van der Waals surface area contributed by atoms with Crippen LogP contribution in [0.25, 0.3) is 0 Å². The number of carbonyl (C=O) groups is 1. The van der Waals surface area contributed by atoms with Gasteiger partial charge in [-0.15, -0.1) is 0 Å². The van der Waals surface area contributed by atoms with Gasteiger partial charge in [-0.25, -0.2) is 4.39 Å². The lowest BCUT2D eigenvalue weighted by Crippen LogP contribution is -2.49. The Balaban J connectivity index is 2.28. The number of hydrogen-bond acceptors (Lipinski definition) is 2. The highest BCUT2D eigenvalue weighted by atomic mass is 19.1. The fraction of sp³-hybridized carbons (Fsp3) is 0.462. The highest BCUT2D eigenvalue weighted by molar-refractivity contribution is 6.03. The van der Waals surface area contributed by atoms with Gasteiger partial charge in [-0.2, -0.15) is 0 Å². The molecule has 1 aliphatic rings. The summed E-state index contributed by atoms with van der Waals surface area (Å²) in [6, 6.07) is 6.07. The van der Waals surface area contributed by atoms with Crippen LogP contribution in [0.1, 0.15) is 42.5 Å². The number of hydrogen-bond donors (Lipinski definition) is 1. The van der Waals surface area contributed by atoms with E-state index in [1.54, 1.807) is 12.1 Å². The zero-order valence-electron chi connectivity index (χ0n) is 9.21. The second-order valence-electron chi connectivity index (χ2n) is 4.53. The first-order valence-electron chi connectivity index (χ1n) is 5.72. The van der Waals surface area contributed by atoms with E-state index in [0.717, 1.165) is 19.3 Å². The first kappa shape index (κ1) is 11.3. The van der Waals surface area contributed by atoms with Crippen LogP contribution in [-0.2, 0) is 0 Å². The third kappa shape index (κ3) is 2.00. The number of carbonyl (C=O) groups excluding carboxylic acids is 1. The van der Waals surface area contributed by atoms with Crippen molar-refractivity contribution in [3.05, 3.63) is 35.6 Å². The molecule has 0 radical (unpaired) electrons. The van der Waals surface area contributed by atoms with Gasteiger partial charge >= 0.3 is 0 Å². The Morgan fingerprint density at radius 1 is 1.19 bits per heavy atom. The molecule has 0 unspecified atom stereocenters. The van der Waals surface area contributed by atoms with Gasteiger partial charge in [0.05, 0.1) is 11.1 Å². The van der Waals surface area contributed by atoms with E-state index in [4.69, 9.17) is 5.73 Å². The van der Waals surface area contributed by atoms with E-state index < -0.39 is 11.4 Å². The fourth-order valence-electron chi connectivity index (χ4n) is 2.32. The van der Waals surface area contributed by atoms with Gasteiger partial charge in [0.2, 0.25) is 0 Å². The molecule has 0 aliphatic heterocycles. The van der Waals surface area contributed by atoms with Crippen LogP contribution in [0, 0.1) is 5.82 Å². The van der Waals surface area contributed by atoms with Crippen LogP contribution in [0.3, 0.4) is 0 Å². The molecule has 0 aromatic heterocycles. The van der Waals surface area contributed by atoms with Gasteiger partial charge in [-0.05, 0) is 25.0 Å². The third-order valence-corrected chi connectivity index (χ3v) is 3.32. The fourth-order valence-corrected chi connectivity index (χ4v) is 2.32. The summed E-state index contributed by atoms with van der Waals surface area (Å²) in [6.45, 7) is 0. The number of nitrogens with two attached hydrogens (primary N) is 1. The lowest BCUT2D eigenvalue weighted by molar-refractivity contribution is 0.0843. The topological polar surface area (TPSA) is 43.1 Å². The van der Waals surface area contributed by atoms with E-state index in [0.29, 0.717) is 12.8 Å². The maximum Gasteiger partial charge on any atom is 0.185 e. The molecule has 1 aromatic carbocycles. The summed E-state index contributed by atoms with van der Waals surface area (Å²) in [4.78, 5) is 12.2. The molecule has 16 heavy (non-hydrogen) atoms. The molecule has 0 atom stereocenters. The highest BCUT2D eigenvalue weighted by Crippen LogP contribution is 2.29. The minimum atomic E-state index is -0.847. The molecule has 1 fully saturated rings. The summed E-state index contributed by atoms with van der Waals surface area (Å²) < 4.78 is 13.5. The van der Waals surface area contributed by atoms with Crippen molar-refractivity contribution in [3.63, 3.8) is 0 Å². The van der Waals surface area contributed by atoms with E-state index in [-0.39, 0.29) is 11.3 Å². The maximum atomic E-state index is 13.5. The van der Waals surface area contributed by atoms with Crippen molar-refractivity contribution >= 4 is 5.78 Å². The van der Waals surface area contributed by atoms with E-state index in [2.05, 4.69) is 0 Å². The second-order valence-corrected chi connectivity index (χ2v) is 4.53. The van der Waals surface area contributed by atoms with Gasteiger partial charge in [-0.3, -0.25) is 4.79 Å². The standard InChI is InChI=1S/C13H16FNO/c14-11-7-3-2-6-10(11)12(16)13(15)8-4-1-5-9-13/h2-3,6-7H,1,4-5,8-9,15H2. The Kier molecular flexibility index (Phi) is 3.06. The minimum absolute atomic E-state index is 0.131. The minimum Gasteiger partial charge on any atom is -0.319 e. The first-order chi connectivity index (χ1) is 7.63. The van der Waals surface area contributed by atoms with Crippen molar-refractivity contribution in [1.29, 1.82) is 0 Å². The van der Waals surface area contributed by atoms with Crippen molar-refractivity contribution in [1.82, 2.24) is 0 Å². The Morgan fingerprint density at radius 3 is 2.44 bits per heavy atom. The van der Waals surface area contributed by atoms with E-state index in [1.165, 1.54) is 12.1 Å². The first-order valence-corrected chi connectivity index (χ1v) is 5.72. The largest absolute Gasteiger partial charge is 0.319 e. The lowest BCUT2D eigenvalue weighted by atomic mass is 9.77. The predicted octanol–water partition coefficient (Wildman–Crippen LogP) is 2.67. The quantitative estimate of drug-likeness (QED) is 0.780. The smallest absolute Gasteiger partial charge is 0.185 e. The Morgan fingerprint density at radius 2 is 1.81 bits per heavy atom. The molecule has 86 valence electrons. The Bertz CT molecular complexity index is 397. The van der Waals surface area contributed by atoms with Crippen molar-refractivity contribution < 1.29 is 9.18 Å². The summed E-state index contributed by atoms with van der Waals surface area (Å²) in [6.07, 6.45) is 4.36. The molecule has 2 nitrogen and oxygen atoms in total. The molecule has 3 heteroatoms. The lowest BCUT2D eigenvalue weighted by Gasteiger charge is -2.31. The zero-order chi connectivity index (χ0) is 11.6. The van der Waals surface area contributed by atoms with Crippen LogP contribution in [0.4, 0.5) is 4.39 Å². The van der Waals surface area contributed by atoms with Gasteiger partial charge in [0.15, 0.2) is 5.78 Å². The number of ketones is 1. The predicted molar refractivity (Wildman–Crippen MR) is 60.7 cm³/mol. The van der Waals surface area contributed by atoms with Gasteiger partial charge in [0.1, 0.15) is 5.82 Å². The summed E-state index contributed by atoms with van der Waals surface area (Å²) in [5, 5.41) is 0. The van der Waals surface area contributed by atoms with Gasteiger partial charge < -0.3 is 5.73 Å². The molecule has 1 aliphatic carbocycles. The number of benzene rings is 1. The normalized spacial score (nSPS) is 19.4.